The molecule has 0 aliphatic heterocycles. The molecule has 21 heavy (non-hydrogen) atoms. The van der Waals surface area contributed by atoms with Crippen molar-refractivity contribution in [3.05, 3.63) is 56.7 Å². The van der Waals surface area contributed by atoms with Crippen LogP contribution in [-0.4, -0.2) is 18.1 Å². The van der Waals surface area contributed by atoms with E-state index in [0.717, 1.165) is 14.5 Å². The molecule has 1 aromatic heterocycles. The smallest absolute Gasteiger partial charge is 0.340 e. The number of carbonyl (C=O) groups excluding carboxylic acids is 1. The SMILES string of the molecule is COC(=O)c1cc(Br)cc(Br)c1NC(C)c1ccncc1. The Balaban J connectivity index is 2.37. The zero-order chi connectivity index (χ0) is 15.4. The lowest BCUT2D eigenvalue weighted by Gasteiger charge is -2.19. The molecular weight excluding hydrogens is 400 g/mol. The average molecular weight is 414 g/mol. The molecule has 1 N–H and O–H groups in total. The van der Waals surface area contributed by atoms with Crippen LogP contribution in [0.15, 0.2) is 45.6 Å². The van der Waals surface area contributed by atoms with E-state index >= 15 is 0 Å². The Labute approximate surface area is 140 Å². The quantitative estimate of drug-likeness (QED) is 0.746. The maximum Gasteiger partial charge on any atom is 0.340 e. The summed E-state index contributed by atoms with van der Waals surface area (Å²) in [5.74, 6) is -0.388. The highest BCUT2D eigenvalue weighted by Crippen LogP contribution is 2.33. The van der Waals surface area contributed by atoms with Gasteiger partial charge in [0.05, 0.1) is 18.4 Å². The van der Waals surface area contributed by atoms with Crippen LogP contribution in [0, 0.1) is 0 Å². The standard InChI is InChI=1S/C15H14Br2N2O2/c1-9(10-3-5-18-6-4-10)19-14-12(15(20)21-2)7-11(16)8-13(14)17/h3-9,19H,1-2H3. The van der Waals surface area contributed by atoms with Crippen molar-refractivity contribution in [1.29, 1.82) is 0 Å². The van der Waals surface area contributed by atoms with Gasteiger partial charge in [0.25, 0.3) is 0 Å². The Bertz CT molecular complexity index is 648. The van der Waals surface area contributed by atoms with Crippen molar-refractivity contribution in [2.45, 2.75) is 13.0 Å². The highest BCUT2D eigenvalue weighted by Gasteiger charge is 2.18. The number of nitrogens with one attached hydrogen (secondary N) is 1. The van der Waals surface area contributed by atoms with Gasteiger partial charge in [-0.2, -0.15) is 0 Å². The first-order valence-corrected chi connectivity index (χ1v) is 7.85. The van der Waals surface area contributed by atoms with E-state index in [1.807, 2.05) is 25.1 Å². The van der Waals surface area contributed by atoms with E-state index < -0.39 is 0 Å². The number of ether oxygens (including phenoxy) is 1. The fourth-order valence-electron chi connectivity index (χ4n) is 1.94. The van der Waals surface area contributed by atoms with E-state index in [-0.39, 0.29) is 12.0 Å². The maximum absolute atomic E-state index is 11.9. The molecule has 2 rings (SSSR count). The molecule has 0 amide bonds. The van der Waals surface area contributed by atoms with E-state index in [1.54, 1.807) is 18.5 Å². The summed E-state index contributed by atoms with van der Waals surface area (Å²) in [5, 5.41) is 3.34. The first-order valence-electron chi connectivity index (χ1n) is 6.26. The number of hydrogen-bond acceptors (Lipinski definition) is 4. The lowest BCUT2D eigenvalue weighted by Crippen LogP contribution is -2.12. The maximum atomic E-state index is 11.9. The summed E-state index contributed by atoms with van der Waals surface area (Å²) >= 11 is 6.87. The monoisotopic (exact) mass is 412 g/mol. The predicted molar refractivity (Wildman–Crippen MR) is 89.5 cm³/mol. The molecule has 0 saturated heterocycles. The second-order valence-corrected chi connectivity index (χ2v) is 6.22. The Kier molecular flexibility index (Phi) is 5.36. The number of pyridine rings is 1. The molecule has 6 heteroatoms. The molecular formula is C15H14Br2N2O2. The Morgan fingerprint density at radius 2 is 1.95 bits per heavy atom. The van der Waals surface area contributed by atoms with Crippen molar-refractivity contribution in [1.82, 2.24) is 4.98 Å². The summed E-state index contributed by atoms with van der Waals surface area (Å²) in [4.78, 5) is 15.9. The van der Waals surface area contributed by atoms with Gasteiger partial charge >= 0.3 is 5.97 Å². The number of benzene rings is 1. The fraction of sp³-hybridized carbons (Fsp3) is 0.200. The molecule has 0 aliphatic rings. The molecule has 0 radical (unpaired) electrons. The highest BCUT2D eigenvalue weighted by atomic mass is 79.9. The first-order chi connectivity index (χ1) is 10.0. The van der Waals surface area contributed by atoms with Gasteiger partial charge in [-0.1, -0.05) is 15.9 Å². The lowest BCUT2D eigenvalue weighted by molar-refractivity contribution is 0.0601. The molecule has 1 heterocycles. The number of nitrogens with zero attached hydrogens (tertiary/aromatic N) is 1. The Morgan fingerprint density at radius 1 is 1.29 bits per heavy atom. The van der Waals surface area contributed by atoms with Crippen LogP contribution in [0.4, 0.5) is 5.69 Å². The van der Waals surface area contributed by atoms with E-state index in [0.29, 0.717) is 11.3 Å². The van der Waals surface area contributed by atoms with E-state index in [1.165, 1.54) is 7.11 Å². The van der Waals surface area contributed by atoms with Gasteiger partial charge < -0.3 is 10.1 Å². The van der Waals surface area contributed by atoms with Crippen LogP contribution in [0.25, 0.3) is 0 Å². The normalized spacial score (nSPS) is 11.8. The fourth-order valence-corrected chi connectivity index (χ4v) is 3.28. The Hall–Kier alpha value is -1.40. The summed E-state index contributed by atoms with van der Waals surface area (Å²) in [7, 11) is 1.37. The first kappa shape index (κ1) is 16.0. The number of halogens is 2. The van der Waals surface area contributed by atoms with E-state index in [9.17, 15) is 4.79 Å². The molecule has 0 fully saturated rings. The number of anilines is 1. The van der Waals surface area contributed by atoms with Crippen LogP contribution in [0.3, 0.4) is 0 Å². The van der Waals surface area contributed by atoms with Gasteiger partial charge in [-0.3, -0.25) is 4.98 Å². The number of aromatic nitrogens is 1. The van der Waals surface area contributed by atoms with Crippen LogP contribution < -0.4 is 5.32 Å². The average Bonchev–Trinajstić information content (AvgIpc) is 2.49. The minimum absolute atomic E-state index is 0.0221. The number of esters is 1. The molecule has 1 atom stereocenters. The highest BCUT2D eigenvalue weighted by molar-refractivity contribution is 9.11. The molecule has 110 valence electrons. The van der Waals surface area contributed by atoms with Crippen molar-refractivity contribution in [3.8, 4) is 0 Å². The lowest BCUT2D eigenvalue weighted by atomic mass is 10.1. The van der Waals surface area contributed by atoms with Crippen molar-refractivity contribution in [2.75, 3.05) is 12.4 Å². The molecule has 4 nitrogen and oxygen atoms in total. The zero-order valence-electron chi connectivity index (χ0n) is 11.6. The summed E-state index contributed by atoms with van der Waals surface area (Å²) in [6, 6.07) is 7.50. The van der Waals surface area contributed by atoms with Gasteiger partial charge in [-0.15, -0.1) is 0 Å². The largest absolute Gasteiger partial charge is 0.465 e. The molecule has 0 aliphatic carbocycles. The second kappa shape index (κ2) is 7.04. The van der Waals surface area contributed by atoms with Gasteiger partial charge in [0.15, 0.2) is 0 Å². The van der Waals surface area contributed by atoms with Gasteiger partial charge in [0.1, 0.15) is 0 Å². The predicted octanol–water partition coefficient (Wildman–Crippen LogP) is 4.57. The molecule has 1 aromatic carbocycles. The zero-order valence-corrected chi connectivity index (χ0v) is 14.7. The third kappa shape index (κ3) is 3.83. The number of methoxy groups -OCH3 is 1. The van der Waals surface area contributed by atoms with Crippen LogP contribution >= 0.6 is 31.9 Å². The van der Waals surface area contributed by atoms with Crippen molar-refractivity contribution < 1.29 is 9.53 Å². The van der Waals surface area contributed by atoms with Crippen LogP contribution in [0.5, 0.6) is 0 Å². The van der Waals surface area contributed by atoms with Crippen LogP contribution in [0.2, 0.25) is 0 Å². The Morgan fingerprint density at radius 3 is 2.57 bits per heavy atom. The topological polar surface area (TPSA) is 51.2 Å². The minimum Gasteiger partial charge on any atom is -0.465 e. The summed E-state index contributed by atoms with van der Waals surface area (Å²) in [6.45, 7) is 2.02. The van der Waals surface area contributed by atoms with Crippen LogP contribution in [0.1, 0.15) is 28.9 Å². The van der Waals surface area contributed by atoms with Gasteiger partial charge in [0, 0.05) is 27.4 Å². The second-order valence-electron chi connectivity index (χ2n) is 4.45. The molecule has 0 saturated carbocycles. The van der Waals surface area contributed by atoms with Crippen LogP contribution in [-0.2, 0) is 4.74 Å². The van der Waals surface area contributed by atoms with E-state index in [2.05, 4.69) is 42.2 Å². The molecule has 0 spiro atoms. The summed E-state index contributed by atoms with van der Waals surface area (Å²) in [5.41, 5.74) is 2.25. The van der Waals surface area contributed by atoms with Crippen molar-refractivity contribution in [2.24, 2.45) is 0 Å². The summed E-state index contributed by atoms with van der Waals surface area (Å²) in [6.07, 6.45) is 3.48. The van der Waals surface area contributed by atoms with Crippen molar-refractivity contribution in [3.63, 3.8) is 0 Å². The number of rotatable bonds is 4. The third-order valence-electron chi connectivity index (χ3n) is 3.03. The molecule has 0 bridgehead atoms. The molecule has 1 unspecified atom stereocenters. The summed E-state index contributed by atoms with van der Waals surface area (Å²) < 4.78 is 6.44. The van der Waals surface area contributed by atoms with Gasteiger partial charge in [-0.05, 0) is 52.7 Å². The third-order valence-corrected chi connectivity index (χ3v) is 4.11. The number of hydrogen-bond donors (Lipinski definition) is 1. The van der Waals surface area contributed by atoms with Crippen molar-refractivity contribution >= 4 is 43.5 Å². The van der Waals surface area contributed by atoms with E-state index in [4.69, 9.17) is 4.74 Å². The molecule has 2 aromatic rings. The van der Waals surface area contributed by atoms with Gasteiger partial charge in [0.2, 0.25) is 0 Å². The van der Waals surface area contributed by atoms with Gasteiger partial charge in [-0.25, -0.2) is 4.79 Å². The number of carbonyl (C=O) groups is 1. The minimum atomic E-state index is -0.388.